The van der Waals surface area contributed by atoms with Crippen LogP contribution in [0, 0.1) is 12.7 Å². The number of aryl methyl sites for hydroxylation is 1. The number of aromatic nitrogens is 2. The van der Waals surface area contributed by atoms with Gasteiger partial charge < -0.3 is 9.97 Å². The summed E-state index contributed by atoms with van der Waals surface area (Å²) in [5, 5.41) is 0.427. The smallest absolute Gasteiger partial charge is 0.258 e. The second kappa shape index (κ2) is 6.07. The topological polar surface area (TPSA) is 86.0 Å². The van der Waals surface area contributed by atoms with Gasteiger partial charge in [-0.3, -0.25) is 4.79 Å². The number of sulfonamides is 1. The van der Waals surface area contributed by atoms with Crippen LogP contribution in [0.2, 0.25) is 0 Å². The number of aromatic amines is 2. The summed E-state index contributed by atoms with van der Waals surface area (Å²) in [6.45, 7) is 2.68. The first-order valence-corrected chi connectivity index (χ1v) is 9.83. The molecule has 0 atom stereocenters. The highest BCUT2D eigenvalue weighted by molar-refractivity contribution is 7.89. The minimum absolute atomic E-state index is 0.0232. The average Bonchev–Trinajstić information content (AvgIpc) is 3.25. The van der Waals surface area contributed by atoms with E-state index in [0.717, 1.165) is 12.8 Å². The SMILES string of the molecule is Cc1cc(F)c2[nH]c(S(=O)(=O)N3CCCC3)cc2c1-c1cc[nH]c(=O)c1. The third kappa shape index (κ3) is 2.65. The molecule has 6 nitrogen and oxygen atoms in total. The number of benzene rings is 1. The van der Waals surface area contributed by atoms with E-state index in [1.54, 1.807) is 13.0 Å². The van der Waals surface area contributed by atoms with Gasteiger partial charge in [-0.2, -0.15) is 4.31 Å². The van der Waals surface area contributed by atoms with E-state index < -0.39 is 15.8 Å². The molecule has 3 heterocycles. The molecule has 0 bridgehead atoms. The van der Waals surface area contributed by atoms with Crippen molar-refractivity contribution >= 4 is 20.9 Å². The van der Waals surface area contributed by atoms with Gasteiger partial charge in [0.05, 0.1) is 5.52 Å². The molecule has 0 unspecified atom stereocenters. The summed E-state index contributed by atoms with van der Waals surface area (Å²) in [5.41, 5.74) is 1.74. The Labute approximate surface area is 149 Å². The standard InChI is InChI=1S/C18H18FN3O3S/c1-11-8-14(19)18-13(17(11)12-4-5-20-15(23)9-12)10-16(21-18)26(24,25)22-6-2-3-7-22/h4-5,8-10,21H,2-3,6-7H2,1H3,(H,20,23). The van der Waals surface area contributed by atoms with Crippen molar-refractivity contribution in [1.82, 2.24) is 14.3 Å². The van der Waals surface area contributed by atoms with Crippen molar-refractivity contribution in [2.24, 2.45) is 0 Å². The molecule has 0 saturated carbocycles. The van der Waals surface area contributed by atoms with Crippen LogP contribution in [-0.2, 0) is 10.0 Å². The van der Waals surface area contributed by atoms with Crippen LogP contribution in [0.15, 0.2) is 40.3 Å². The molecular weight excluding hydrogens is 357 g/mol. The zero-order valence-corrected chi connectivity index (χ0v) is 15.0. The lowest BCUT2D eigenvalue weighted by Crippen LogP contribution is -2.28. The summed E-state index contributed by atoms with van der Waals surface area (Å²) in [7, 11) is -3.69. The van der Waals surface area contributed by atoms with Gasteiger partial charge in [0, 0.05) is 30.7 Å². The Morgan fingerprint density at radius 1 is 1.15 bits per heavy atom. The summed E-state index contributed by atoms with van der Waals surface area (Å²) >= 11 is 0. The number of halogens is 1. The lowest BCUT2D eigenvalue weighted by Gasteiger charge is -2.13. The molecule has 4 rings (SSSR count). The third-order valence-corrected chi connectivity index (χ3v) is 6.61. The molecule has 1 aliphatic heterocycles. The van der Waals surface area contributed by atoms with Crippen LogP contribution >= 0.6 is 0 Å². The van der Waals surface area contributed by atoms with Crippen LogP contribution in [0.25, 0.3) is 22.0 Å². The fourth-order valence-electron chi connectivity index (χ4n) is 3.55. The minimum atomic E-state index is -3.69. The van der Waals surface area contributed by atoms with Crippen LogP contribution in [0.4, 0.5) is 4.39 Å². The van der Waals surface area contributed by atoms with E-state index in [4.69, 9.17) is 0 Å². The lowest BCUT2D eigenvalue weighted by molar-refractivity contribution is 0.475. The molecule has 0 radical (unpaired) electrons. The Balaban J connectivity index is 1.97. The first-order valence-electron chi connectivity index (χ1n) is 8.39. The molecule has 3 aromatic rings. The molecule has 136 valence electrons. The van der Waals surface area contributed by atoms with Gasteiger partial charge in [-0.05, 0) is 54.7 Å². The van der Waals surface area contributed by atoms with Crippen molar-refractivity contribution in [1.29, 1.82) is 0 Å². The van der Waals surface area contributed by atoms with Crippen LogP contribution in [0.3, 0.4) is 0 Å². The van der Waals surface area contributed by atoms with Gasteiger partial charge in [0.1, 0.15) is 10.8 Å². The van der Waals surface area contributed by atoms with Crippen LogP contribution in [-0.4, -0.2) is 35.8 Å². The van der Waals surface area contributed by atoms with Crippen LogP contribution in [0.5, 0.6) is 0 Å². The second-order valence-corrected chi connectivity index (χ2v) is 8.43. The van der Waals surface area contributed by atoms with Gasteiger partial charge in [0.2, 0.25) is 5.56 Å². The molecule has 8 heteroatoms. The average molecular weight is 375 g/mol. The molecule has 1 aliphatic rings. The molecule has 2 aromatic heterocycles. The van der Waals surface area contributed by atoms with Crippen LogP contribution < -0.4 is 5.56 Å². The zero-order chi connectivity index (χ0) is 18.5. The van der Waals surface area contributed by atoms with E-state index >= 15 is 0 Å². The Bertz CT molecular complexity index is 1160. The number of rotatable bonds is 3. The van der Waals surface area contributed by atoms with Gasteiger partial charge in [0.15, 0.2) is 0 Å². The van der Waals surface area contributed by atoms with E-state index in [0.29, 0.717) is 35.2 Å². The summed E-state index contributed by atoms with van der Waals surface area (Å²) < 4.78 is 41.5. The number of H-pyrrole nitrogens is 2. The van der Waals surface area contributed by atoms with Gasteiger partial charge in [-0.15, -0.1) is 0 Å². The molecule has 0 spiro atoms. The number of hydrogen-bond donors (Lipinski definition) is 2. The zero-order valence-electron chi connectivity index (χ0n) is 14.2. The van der Waals surface area contributed by atoms with Gasteiger partial charge >= 0.3 is 0 Å². The molecule has 1 fully saturated rings. The maximum absolute atomic E-state index is 14.5. The van der Waals surface area contributed by atoms with E-state index in [2.05, 4.69) is 9.97 Å². The van der Waals surface area contributed by atoms with E-state index in [1.165, 1.54) is 28.7 Å². The predicted octanol–water partition coefficient (Wildman–Crippen LogP) is 2.76. The molecular formula is C18H18FN3O3S. The van der Waals surface area contributed by atoms with Gasteiger partial charge in [-0.25, -0.2) is 12.8 Å². The van der Waals surface area contributed by atoms with E-state index in [1.807, 2.05) is 0 Å². The highest BCUT2D eigenvalue weighted by Gasteiger charge is 2.29. The second-order valence-electron chi connectivity index (χ2n) is 6.53. The van der Waals surface area contributed by atoms with Crippen LogP contribution in [0.1, 0.15) is 18.4 Å². The summed E-state index contributed by atoms with van der Waals surface area (Å²) in [6.07, 6.45) is 3.16. The van der Waals surface area contributed by atoms with E-state index in [9.17, 15) is 17.6 Å². The lowest BCUT2D eigenvalue weighted by atomic mass is 9.97. The van der Waals surface area contributed by atoms with Crippen molar-refractivity contribution in [2.75, 3.05) is 13.1 Å². The first kappa shape index (κ1) is 17.0. The maximum Gasteiger partial charge on any atom is 0.258 e. The Morgan fingerprint density at radius 3 is 2.58 bits per heavy atom. The molecule has 26 heavy (non-hydrogen) atoms. The molecule has 0 aliphatic carbocycles. The number of pyridine rings is 1. The predicted molar refractivity (Wildman–Crippen MR) is 97.0 cm³/mol. The normalized spacial score (nSPS) is 15.8. The summed E-state index contributed by atoms with van der Waals surface area (Å²) in [6, 6.07) is 5.95. The third-order valence-electron chi connectivity index (χ3n) is 4.79. The number of hydrogen-bond acceptors (Lipinski definition) is 3. The van der Waals surface area contributed by atoms with Crippen molar-refractivity contribution in [2.45, 2.75) is 24.8 Å². The Morgan fingerprint density at radius 2 is 1.88 bits per heavy atom. The van der Waals surface area contributed by atoms with Gasteiger partial charge in [0.25, 0.3) is 10.0 Å². The van der Waals surface area contributed by atoms with Crippen molar-refractivity contribution in [3.8, 4) is 11.1 Å². The van der Waals surface area contributed by atoms with E-state index in [-0.39, 0.29) is 16.1 Å². The highest BCUT2D eigenvalue weighted by atomic mass is 32.2. The number of fused-ring (bicyclic) bond motifs is 1. The largest absolute Gasteiger partial charge is 0.342 e. The van der Waals surface area contributed by atoms with Gasteiger partial charge in [-0.1, -0.05) is 0 Å². The highest BCUT2D eigenvalue weighted by Crippen LogP contribution is 2.35. The quantitative estimate of drug-likeness (QED) is 0.738. The molecule has 1 saturated heterocycles. The molecule has 2 N–H and O–H groups in total. The molecule has 1 aromatic carbocycles. The fourth-order valence-corrected chi connectivity index (χ4v) is 5.07. The summed E-state index contributed by atoms with van der Waals surface area (Å²) in [4.78, 5) is 17.0. The Kier molecular flexibility index (Phi) is 3.96. The van der Waals surface area contributed by atoms with Crippen molar-refractivity contribution in [3.05, 3.63) is 52.2 Å². The maximum atomic E-state index is 14.5. The molecule has 0 amide bonds. The number of nitrogens with zero attached hydrogens (tertiary/aromatic N) is 1. The van der Waals surface area contributed by atoms with Crippen molar-refractivity contribution in [3.63, 3.8) is 0 Å². The Hall–Kier alpha value is -2.45. The fraction of sp³-hybridized carbons (Fsp3) is 0.278. The minimum Gasteiger partial charge on any atom is -0.342 e. The summed E-state index contributed by atoms with van der Waals surface area (Å²) in [5.74, 6) is -0.519. The first-order chi connectivity index (χ1) is 12.4. The number of nitrogens with one attached hydrogen (secondary N) is 2. The van der Waals surface area contributed by atoms with Crippen molar-refractivity contribution < 1.29 is 12.8 Å². The monoisotopic (exact) mass is 375 g/mol.